The van der Waals surface area contributed by atoms with Gasteiger partial charge < -0.3 is 11.1 Å². The van der Waals surface area contributed by atoms with Gasteiger partial charge in [-0.1, -0.05) is 12.0 Å². The van der Waals surface area contributed by atoms with Crippen LogP contribution in [-0.2, 0) is 0 Å². The third-order valence-electron chi connectivity index (χ3n) is 1.81. The summed E-state index contributed by atoms with van der Waals surface area (Å²) in [5.74, 6) is 4.28. The highest BCUT2D eigenvalue weighted by Gasteiger charge is 2.11. The van der Waals surface area contributed by atoms with E-state index in [1.165, 1.54) is 18.2 Å². The zero-order valence-corrected chi connectivity index (χ0v) is 8.30. The van der Waals surface area contributed by atoms with Crippen LogP contribution in [-0.4, -0.2) is 12.5 Å². The molecule has 0 aliphatic carbocycles. The molecule has 0 saturated carbocycles. The highest BCUT2D eigenvalue weighted by atomic mass is 19.1. The van der Waals surface area contributed by atoms with E-state index in [0.717, 1.165) is 0 Å². The largest absolute Gasteiger partial charge is 0.396 e. The van der Waals surface area contributed by atoms with E-state index >= 15 is 0 Å². The molecule has 0 fully saturated rings. The number of nitrogens with one attached hydrogen (secondary N) is 1. The molecule has 0 saturated heterocycles. The summed E-state index contributed by atoms with van der Waals surface area (Å²) in [4.78, 5) is 11.5. The van der Waals surface area contributed by atoms with Gasteiger partial charge in [-0.15, -0.1) is 5.92 Å². The van der Waals surface area contributed by atoms with Crippen LogP contribution in [0.25, 0.3) is 0 Å². The van der Waals surface area contributed by atoms with Gasteiger partial charge in [0, 0.05) is 0 Å². The fourth-order valence-corrected chi connectivity index (χ4v) is 1.04. The summed E-state index contributed by atoms with van der Waals surface area (Å²) in [5.41, 5.74) is 5.41. The molecule has 0 heterocycles. The minimum atomic E-state index is -0.593. The van der Waals surface area contributed by atoms with Gasteiger partial charge >= 0.3 is 0 Å². The van der Waals surface area contributed by atoms with E-state index in [9.17, 15) is 9.18 Å². The minimum absolute atomic E-state index is 0.132. The molecule has 0 atom stereocenters. The van der Waals surface area contributed by atoms with Gasteiger partial charge in [-0.25, -0.2) is 4.39 Å². The summed E-state index contributed by atoms with van der Waals surface area (Å²) in [5, 5.41) is 2.51. The average Bonchev–Trinajstić information content (AvgIpc) is 2.22. The number of halogens is 1. The number of hydrogen-bond acceptors (Lipinski definition) is 2. The molecule has 0 radical (unpaired) electrons. The molecule has 3 nitrogen and oxygen atoms in total. The summed E-state index contributed by atoms with van der Waals surface area (Å²) in [6, 6.07) is 4.11. The summed E-state index contributed by atoms with van der Waals surface area (Å²) >= 11 is 0. The lowest BCUT2D eigenvalue weighted by molar-refractivity contribution is 0.0959. The van der Waals surface area contributed by atoms with Gasteiger partial charge in [-0.05, 0) is 19.1 Å². The average molecular weight is 206 g/mol. The molecular formula is C11H11FN2O. The van der Waals surface area contributed by atoms with Crippen molar-refractivity contribution < 1.29 is 9.18 Å². The molecule has 0 aromatic heterocycles. The van der Waals surface area contributed by atoms with E-state index in [1.807, 2.05) is 0 Å². The molecule has 78 valence electrons. The molecule has 4 heteroatoms. The van der Waals surface area contributed by atoms with Crippen LogP contribution < -0.4 is 11.1 Å². The Balaban J connectivity index is 2.81. The van der Waals surface area contributed by atoms with Gasteiger partial charge in [0.05, 0.1) is 17.8 Å². The molecule has 1 aromatic rings. The molecule has 1 aromatic carbocycles. The number of benzene rings is 1. The summed E-state index contributed by atoms with van der Waals surface area (Å²) in [6.07, 6.45) is 0. The Hall–Kier alpha value is -2.02. The quantitative estimate of drug-likeness (QED) is 0.563. The summed E-state index contributed by atoms with van der Waals surface area (Å²) in [6.45, 7) is 1.90. The van der Waals surface area contributed by atoms with E-state index in [2.05, 4.69) is 17.2 Å². The van der Waals surface area contributed by atoms with Crippen LogP contribution >= 0.6 is 0 Å². The van der Waals surface area contributed by atoms with Crippen molar-refractivity contribution in [1.29, 1.82) is 0 Å². The zero-order chi connectivity index (χ0) is 11.3. The maximum absolute atomic E-state index is 13.0. The number of carbonyl (C=O) groups is 1. The van der Waals surface area contributed by atoms with E-state index in [-0.39, 0.29) is 17.8 Å². The molecule has 0 spiro atoms. The second-order valence-electron chi connectivity index (χ2n) is 2.81. The first kappa shape index (κ1) is 11.1. The van der Waals surface area contributed by atoms with E-state index in [1.54, 1.807) is 6.92 Å². The third-order valence-corrected chi connectivity index (χ3v) is 1.81. The lowest BCUT2D eigenvalue weighted by Gasteiger charge is -2.05. The number of carbonyl (C=O) groups excluding carboxylic acids is 1. The molecular weight excluding hydrogens is 195 g/mol. The first-order chi connectivity index (χ1) is 7.16. The third kappa shape index (κ3) is 2.71. The normalized spacial score (nSPS) is 8.93. The van der Waals surface area contributed by atoms with Crippen molar-refractivity contribution >= 4 is 11.6 Å². The number of para-hydroxylation sites is 1. The predicted molar refractivity (Wildman–Crippen MR) is 56.6 cm³/mol. The SMILES string of the molecule is CC#CCNC(=O)c1cccc(F)c1N. The monoisotopic (exact) mass is 206 g/mol. The van der Waals surface area contributed by atoms with Crippen molar-refractivity contribution in [3.8, 4) is 11.8 Å². The number of hydrogen-bond donors (Lipinski definition) is 2. The van der Waals surface area contributed by atoms with Gasteiger partial charge in [0.1, 0.15) is 5.82 Å². The molecule has 0 aliphatic rings. The molecule has 1 amide bonds. The number of nitrogens with two attached hydrogens (primary N) is 1. The smallest absolute Gasteiger partial charge is 0.254 e. The van der Waals surface area contributed by atoms with E-state index in [0.29, 0.717) is 0 Å². The van der Waals surface area contributed by atoms with E-state index < -0.39 is 11.7 Å². The topological polar surface area (TPSA) is 55.1 Å². The maximum atomic E-state index is 13.0. The molecule has 15 heavy (non-hydrogen) atoms. The summed E-state index contributed by atoms with van der Waals surface area (Å²) < 4.78 is 13.0. The first-order valence-electron chi connectivity index (χ1n) is 4.38. The molecule has 0 aliphatic heterocycles. The van der Waals surface area contributed by atoms with Gasteiger partial charge in [-0.3, -0.25) is 4.79 Å². The lowest BCUT2D eigenvalue weighted by Crippen LogP contribution is -2.24. The minimum Gasteiger partial charge on any atom is -0.396 e. The molecule has 3 N–H and O–H groups in total. The van der Waals surface area contributed by atoms with Gasteiger partial charge in [-0.2, -0.15) is 0 Å². The highest BCUT2D eigenvalue weighted by molar-refractivity contribution is 5.99. The fourth-order valence-electron chi connectivity index (χ4n) is 1.04. The van der Waals surface area contributed by atoms with Crippen molar-refractivity contribution in [3.05, 3.63) is 29.6 Å². The Kier molecular flexibility index (Phi) is 3.69. The van der Waals surface area contributed by atoms with Crippen LogP contribution in [0.3, 0.4) is 0 Å². The van der Waals surface area contributed by atoms with Crippen molar-refractivity contribution in [1.82, 2.24) is 5.32 Å². The zero-order valence-electron chi connectivity index (χ0n) is 8.30. The molecule has 1 rings (SSSR count). The van der Waals surface area contributed by atoms with Crippen molar-refractivity contribution in [2.24, 2.45) is 0 Å². The van der Waals surface area contributed by atoms with Crippen LogP contribution in [0.2, 0.25) is 0 Å². The first-order valence-corrected chi connectivity index (χ1v) is 4.38. The van der Waals surface area contributed by atoms with Crippen LogP contribution in [0.15, 0.2) is 18.2 Å². The second-order valence-corrected chi connectivity index (χ2v) is 2.81. The number of nitrogen functional groups attached to an aromatic ring is 1. The van der Waals surface area contributed by atoms with Crippen LogP contribution in [0.5, 0.6) is 0 Å². The van der Waals surface area contributed by atoms with E-state index in [4.69, 9.17) is 5.73 Å². The Bertz CT molecular complexity index is 432. The number of rotatable bonds is 2. The van der Waals surface area contributed by atoms with Gasteiger partial charge in [0.25, 0.3) is 5.91 Å². The predicted octanol–water partition coefficient (Wildman–Crippen LogP) is 1.16. The summed E-state index contributed by atoms with van der Waals surface area (Å²) in [7, 11) is 0. The van der Waals surface area contributed by atoms with Gasteiger partial charge in [0.2, 0.25) is 0 Å². The van der Waals surface area contributed by atoms with Crippen molar-refractivity contribution in [2.75, 3.05) is 12.3 Å². The second kappa shape index (κ2) is 5.01. The van der Waals surface area contributed by atoms with Crippen molar-refractivity contribution in [3.63, 3.8) is 0 Å². The van der Waals surface area contributed by atoms with Crippen LogP contribution in [0.4, 0.5) is 10.1 Å². The Labute approximate surface area is 87.5 Å². The maximum Gasteiger partial charge on any atom is 0.254 e. The van der Waals surface area contributed by atoms with Crippen LogP contribution in [0, 0.1) is 17.7 Å². The number of anilines is 1. The fraction of sp³-hybridized carbons (Fsp3) is 0.182. The Morgan fingerprint density at radius 3 is 3.00 bits per heavy atom. The molecule has 0 unspecified atom stereocenters. The highest BCUT2D eigenvalue weighted by Crippen LogP contribution is 2.15. The van der Waals surface area contributed by atoms with Gasteiger partial charge in [0.15, 0.2) is 0 Å². The lowest BCUT2D eigenvalue weighted by atomic mass is 10.1. The standard InChI is InChI=1S/C11H11FN2O/c1-2-3-7-14-11(15)8-5-4-6-9(12)10(8)13/h4-6H,7,13H2,1H3,(H,14,15). The molecule has 0 bridgehead atoms. The number of amides is 1. The Morgan fingerprint density at radius 1 is 1.60 bits per heavy atom. The van der Waals surface area contributed by atoms with Crippen molar-refractivity contribution in [2.45, 2.75) is 6.92 Å². The van der Waals surface area contributed by atoms with Crippen LogP contribution in [0.1, 0.15) is 17.3 Å². The Morgan fingerprint density at radius 2 is 2.33 bits per heavy atom.